The highest BCUT2D eigenvalue weighted by Gasteiger charge is 2.39. The molecule has 1 fully saturated rings. The second-order valence-electron chi connectivity index (χ2n) is 12.3. The molecule has 5 aromatic rings. The number of amides is 1. The van der Waals surface area contributed by atoms with Crippen LogP contribution in [0.2, 0.25) is 0 Å². The van der Waals surface area contributed by atoms with Gasteiger partial charge in [0.25, 0.3) is 5.91 Å². The number of ether oxygens (including phenoxy) is 2. The molecule has 5 atom stereocenters. The second kappa shape index (κ2) is 14.4. The Balaban J connectivity index is 1.19. The van der Waals surface area contributed by atoms with Gasteiger partial charge in [0.05, 0.1) is 18.8 Å². The summed E-state index contributed by atoms with van der Waals surface area (Å²) in [6.07, 6.45) is -0.842. The van der Waals surface area contributed by atoms with Gasteiger partial charge in [-0.15, -0.1) is 0 Å². The number of nitrogens with zero attached hydrogens (tertiary/aromatic N) is 1. The summed E-state index contributed by atoms with van der Waals surface area (Å²) in [4.78, 5) is 14.9. The molecule has 2 N–H and O–H groups in total. The molecule has 1 aliphatic rings. The predicted octanol–water partition coefficient (Wildman–Crippen LogP) is 7.75. The third-order valence-corrected chi connectivity index (χ3v) is 9.25. The second-order valence-corrected chi connectivity index (χ2v) is 12.3. The molecular formula is C40H42N2O4. The van der Waals surface area contributed by atoms with Crippen LogP contribution in [0.25, 0.3) is 10.8 Å². The van der Waals surface area contributed by atoms with Gasteiger partial charge in [-0.1, -0.05) is 110 Å². The molecular weight excluding hydrogens is 572 g/mol. The molecule has 0 aromatic heterocycles. The Kier molecular flexibility index (Phi) is 9.91. The van der Waals surface area contributed by atoms with E-state index in [0.717, 1.165) is 28.8 Å². The van der Waals surface area contributed by atoms with Gasteiger partial charge < -0.3 is 19.9 Å². The summed E-state index contributed by atoms with van der Waals surface area (Å²) in [6.45, 7) is 5.59. The van der Waals surface area contributed by atoms with Crippen LogP contribution in [-0.2, 0) is 22.6 Å². The molecule has 6 heteroatoms. The monoisotopic (exact) mass is 614 g/mol. The quantitative estimate of drug-likeness (QED) is 0.168. The van der Waals surface area contributed by atoms with E-state index < -0.39 is 6.29 Å². The van der Waals surface area contributed by atoms with Crippen LogP contribution < -0.4 is 5.32 Å². The standard InChI is InChI=1S/C40H42N2O4/c1-27-37(25-42(3)28(2)35-22-21-31-9-7-8-12-36(31)23-35)45-40(46-38(27)32-17-15-30(26-43)16-18-32)34-19-13-29(14-20-34)24-41-39(44)33-10-5-4-6-11-33/h4-23,27-28,37-38,40,43H,24-26H2,1-3H3,(H,41,44). The average molecular weight is 615 g/mol. The Labute approximate surface area is 271 Å². The zero-order chi connectivity index (χ0) is 32.0. The number of nitrogens with one attached hydrogen (secondary N) is 1. The van der Waals surface area contributed by atoms with E-state index in [1.165, 1.54) is 16.3 Å². The summed E-state index contributed by atoms with van der Waals surface area (Å²) < 4.78 is 13.4. The normalized spacial score (nSPS) is 20.5. The third kappa shape index (κ3) is 7.22. The lowest BCUT2D eigenvalue weighted by Gasteiger charge is -2.43. The van der Waals surface area contributed by atoms with Gasteiger partial charge in [-0.3, -0.25) is 9.69 Å². The Hall–Kier alpha value is -4.33. The van der Waals surface area contributed by atoms with Gasteiger partial charge in [0.15, 0.2) is 6.29 Å². The van der Waals surface area contributed by atoms with E-state index in [0.29, 0.717) is 12.1 Å². The van der Waals surface area contributed by atoms with Crippen molar-refractivity contribution in [1.82, 2.24) is 10.2 Å². The van der Waals surface area contributed by atoms with Gasteiger partial charge in [-0.2, -0.15) is 0 Å². The van der Waals surface area contributed by atoms with E-state index in [1.54, 1.807) is 12.1 Å². The predicted molar refractivity (Wildman–Crippen MR) is 182 cm³/mol. The van der Waals surface area contributed by atoms with Crippen molar-refractivity contribution in [3.05, 3.63) is 155 Å². The molecule has 1 saturated heterocycles. The van der Waals surface area contributed by atoms with Crippen LogP contribution in [0.3, 0.4) is 0 Å². The Morgan fingerprint density at radius 2 is 1.46 bits per heavy atom. The number of benzene rings is 5. The van der Waals surface area contributed by atoms with Gasteiger partial charge in [-0.25, -0.2) is 0 Å². The largest absolute Gasteiger partial charge is 0.392 e. The SMILES string of the molecule is CC1C(CN(C)C(C)c2ccc3ccccc3c2)OC(c2ccc(CNC(=O)c3ccccc3)cc2)OC1c1ccc(CO)cc1. The minimum absolute atomic E-state index is 0.00528. The maximum atomic E-state index is 12.5. The van der Waals surface area contributed by atoms with Gasteiger partial charge >= 0.3 is 0 Å². The summed E-state index contributed by atoms with van der Waals surface area (Å²) >= 11 is 0. The molecule has 5 unspecified atom stereocenters. The smallest absolute Gasteiger partial charge is 0.251 e. The molecule has 236 valence electrons. The molecule has 6 nitrogen and oxygen atoms in total. The summed E-state index contributed by atoms with van der Waals surface area (Å²) in [5.41, 5.74) is 5.76. The van der Waals surface area contributed by atoms with Crippen LogP contribution in [0.5, 0.6) is 0 Å². The van der Waals surface area contributed by atoms with Crippen LogP contribution >= 0.6 is 0 Å². The van der Waals surface area contributed by atoms with Crippen LogP contribution in [0.1, 0.15) is 70.5 Å². The molecule has 0 bridgehead atoms. The fraction of sp³-hybridized carbons (Fsp3) is 0.275. The van der Waals surface area contributed by atoms with Crippen LogP contribution in [0.4, 0.5) is 0 Å². The van der Waals surface area contributed by atoms with E-state index in [4.69, 9.17) is 9.47 Å². The van der Waals surface area contributed by atoms with Crippen molar-refractivity contribution in [3.8, 4) is 0 Å². The first kappa shape index (κ1) is 31.6. The molecule has 0 aliphatic carbocycles. The fourth-order valence-electron chi connectivity index (χ4n) is 6.16. The Morgan fingerprint density at radius 1 is 0.804 bits per heavy atom. The number of fused-ring (bicyclic) bond motifs is 1. The fourth-order valence-corrected chi connectivity index (χ4v) is 6.16. The molecule has 6 rings (SSSR count). The molecule has 0 spiro atoms. The number of aliphatic hydroxyl groups is 1. The zero-order valence-electron chi connectivity index (χ0n) is 26.7. The van der Waals surface area contributed by atoms with Gasteiger partial charge in [-0.05, 0) is 65.2 Å². The van der Waals surface area contributed by atoms with Crippen LogP contribution in [-0.4, -0.2) is 35.6 Å². The lowest BCUT2D eigenvalue weighted by atomic mass is 9.89. The van der Waals surface area contributed by atoms with E-state index in [9.17, 15) is 9.90 Å². The lowest BCUT2D eigenvalue weighted by Crippen LogP contribution is -2.44. The topological polar surface area (TPSA) is 71.0 Å². The van der Waals surface area contributed by atoms with Crippen molar-refractivity contribution in [2.24, 2.45) is 5.92 Å². The molecule has 46 heavy (non-hydrogen) atoms. The molecule has 0 radical (unpaired) electrons. The maximum absolute atomic E-state index is 12.5. The van der Waals surface area contributed by atoms with E-state index in [2.05, 4.69) is 73.6 Å². The first-order valence-electron chi connectivity index (χ1n) is 16.0. The van der Waals surface area contributed by atoms with Gasteiger partial charge in [0.2, 0.25) is 0 Å². The Bertz CT molecular complexity index is 1740. The molecule has 1 heterocycles. The summed E-state index contributed by atoms with van der Waals surface area (Å²) in [5.74, 6) is -0.0208. The number of hydrogen-bond acceptors (Lipinski definition) is 5. The number of rotatable bonds is 10. The third-order valence-electron chi connectivity index (χ3n) is 9.25. The molecule has 0 saturated carbocycles. The summed E-state index contributed by atoms with van der Waals surface area (Å²) in [6, 6.07) is 40.7. The maximum Gasteiger partial charge on any atom is 0.251 e. The number of carbonyl (C=O) groups is 1. The zero-order valence-corrected chi connectivity index (χ0v) is 26.7. The van der Waals surface area contributed by atoms with Crippen molar-refractivity contribution in [3.63, 3.8) is 0 Å². The minimum atomic E-state index is -0.555. The lowest BCUT2D eigenvalue weighted by molar-refractivity contribution is -0.276. The Morgan fingerprint density at radius 3 is 2.17 bits per heavy atom. The number of hydrogen-bond donors (Lipinski definition) is 2. The highest BCUT2D eigenvalue weighted by atomic mass is 16.7. The number of carbonyl (C=O) groups excluding carboxylic acids is 1. The van der Waals surface area contributed by atoms with Gasteiger partial charge in [0, 0.05) is 36.2 Å². The first-order valence-corrected chi connectivity index (χ1v) is 16.0. The highest BCUT2D eigenvalue weighted by molar-refractivity contribution is 5.94. The number of likely N-dealkylation sites (N-methyl/N-ethyl adjacent to an activating group) is 1. The van der Waals surface area contributed by atoms with Crippen molar-refractivity contribution < 1.29 is 19.4 Å². The van der Waals surface area contributed by atoms with Crippen LogP contribution in [0, 0.1) is 5.92 Å². The number of aliphatic hydroxyl groups excluding tert-OH is 1. The molecule has 5 aromatic carbocycles. The first-order chi connectivity index (χ1) is 22.4. The molecule has 1 amide bonds. The van der Waals surface area contributed by atoms with Crippen molar-refractivity contribution in [2.75, 3.05) is 13.6 Å². The van der Waals surface area contributed by atoms with E-state index in [1.807, 2.05) is 66.7 Å². The summed E-state index contributed by atoms with van der Waals surface area (Å²) in [7, 11) is 2.16. The minimum Gasteiger partial charge on any atom is -0.392 e. The highest BCUT2D eigenvalue weighted by Crippen LogP contribution is 2.42. The van der Waals surface area contributed by atoms with Crippen molar-refractivity contribution in [2.45, 2.75) is 51.5 Å². The summed E-state index contributed by atoms with van der Waals surface area (Å²) in [5, 5.41) is 15.1. The van der Waals surface area contributed by atoms with Crippen LogP contribution in [0.15, 0.2) is 121 Å². The average Bonchev–Trinajstić information content (AvgIpc) is 3.11. The van der Waals surface area contributed by atoms with Crippen molar-refractivity contribution in [1.29, 1.82) is 0 Å². The van der Waals surface area contributed by atoms with E-state index in [-0.39, 0.29) is 36.7 Å². The molecule has 1 aliphatic heterocycles. The van der Waals surface area contributed by atoms with Gasteiger partial charge in [0.1, 0.15) is 0 Å². The van der Waals surface area contributed by atoms with E-state index >= 15 is 0 Å². The van der Waals surface area contributed by atoms with Crippen molar-refractivity contribution >= 4 is 16.7 Å².